The van der Waals surface area contributed by atoms with Gasteiger partial charge in [0, 0.05) is 24.4 Å². The minimum Gasteiger partial charge on any atom is -0.451 e. The molecule has 1 spiro atoms. The number of carbonyl (C=O) groups excluding carboxylic acids is 2. The van der Waals surface area contributed by atoms with Gasteiger partial charge in [0.1, 0.15) is 6.10 Å². The Morgan fingerprint density at radius 1 is 1.30 bits per heavy atom. The van der Waals surface area contributed by atoms with E-state index in [9.17, 15) is 24.9 Å². The van der Waals surface area contributed by atoms with Crippen molar-refractivity contribution in [1.29, 1.82) is 0 Å². The van der Waals surface area contributed by atoms with Gasteiger partial charge in [-0.3, -0.25) is 4.79 Å². The van der Waals surface area contributed by atoms with Crippen molar-refractivity contribution < 1.29 is 29.6 Å². The van der Waals surface area contributed by atoms with E-state index in [-0.39, 0.29) is 34.5 Å². The number of rotatable bonds is 5. The van der Waals surface area contributed by atoms with Crippen LogP contribution in [0.1, 0.15) is 55.7 Å². The molecule has 0 radical (unpaired) electrons. The molecule has 37 heavy (non-hydrogen) atoms. The largest absolute Gasteiger partial charge is 0.451 e. The van der Waals surface area contributed by atoms with Crippen LogP contribution in [0.2, 0.25) is 0 Å². The fraction of sp³-hybridized carbons (Fsp3) is 0.600. The standard InChI is InChI=1S/C30H39NO6/c1-8-9-31-13-16(3)22(18(31)5)27(35)37-26-15(2)12-29-17(4)10-21-23(28(21,6)7)20(25(29)34)11-19(14-32)24(33)30(26,29)36/h8,11-13,17,20-21,23-24,26,32-33,36H,1,9-10,14H2,2-7H3/t17-,20+,21-,23+,24-,26+,29+,30+/m1/s1. The van der Waals surface area contributed by atoms with Crippen LogP contribution in [0.4, 0.5) is 0 Å². The summed E-state index contributed by atoms with van der Waals surface area (Å²) < 4.78 is 7.94. The van der Waals surface area contributed by atoms with E-state index in [4.69, 9.17) is 4.74 Å². The number of hydrogen-bond donors (Lipinski definition) is 3. The number of carbonyl (C=O) groups is 2. The van der Waals surface area contributed by atoms with Crippen LogP contribution < -0.4 is 0 Å². The number of aliphatic hydroxyl groups is 3. The Labute approximate surface area is 218 Å². The molecule has 7 nitrogen and oxygen atoms in total. The Morgan fingerprint density at radius 3 is 2.59 bits per heavy atom. The van der Waals surface area contributed by atoms with Crippen molar-refractivity contribution in [2.75, 3.05) is 6.61 Å². The molecular weight excluding hydrogens is 470 g/mol. The van der Waals surface area contributed by atoms with E-state index < -0.39 is 41.7 Å². The topological polar surface area (TPSA) is 109 Å². The molecule has 1 aromatic rings. The maximum absolute atomic E-state index is 14.4. The van der Waals surface area contributed by atoms with Gasteiger partial charge in [0.2, 0.25) is 0 Å². The Kier molecular flexibility index (Phi) is 5.83. The van der Waals surface area contributed by atoms with Crippen molar-refractivity contribution in [3.63, 3.8) is 0 Å². The molecule has 0 amide bonds. The number of fused-ring (bicyclic) bond motifs is 3. The maximum atomic E-state index is 14.4. The lowest BCUT2D eigenvalue weighted by atomic mass is 9.59. The fourth-order valence-electron chi connectivity index (χ4n) is 8.22. The fourth-order valence-corrected chi connectivity index (χ4v) is 8.22. The average Bonchev–Trinajstić information content (AvgIpc) is 3.16. The van der Waals surface area contributed by atoms with Crippen molar-refractivity contribution in [3.8, 4) is 0 Å². The molecular formula is C30H39NO6. The van der Waals surface area contributed by atoms with E-state index in [2.05, 4.69) is 20.4 Å². The molecule has 5 rings (SSSR count). The monoisotopic (exact) mass is 509 g/mol. The first kappa shape index (κ1) is 26.1. The highest BCUT2D eigenvalue weighted by molar-refractivity contribution is 5.96. The lowest BCUT2D eigenvalue weighted by Gasteiger charge is -2.48. The summed E-state index contributed by atoms with van der Waals surface area (Å²) in [6.07, 6.45) is 4.91. The molecule has 7 heteroatoms. The number of hydrogen-bond acceptors (Lipinski definition) is 6. The number of allylic oxidation sites excluding steroid dienone is 2. The van der Waals surface area contributed by atoms with Gasteiger partial charge < -0.3 is 24.6 Å². The summed E-state index contributed by atoms with van der Waals surface area (Å²) in [5.41, 5.74) is -1.07. The van der Waals surface area contributed by atoms with Crippen molar-refractivity contribution in [3.05, 3.63) is 59.0 Å². The van der Waals surface area contributed by atoms with Gasteiger partial charge in [-0.25, -0.2) is 4.79 Å². The average molecular weight is 510 g/mol. The number of aryl methyl sites for hydroxylation is 1. The van der Waals surface area contributed by atoms with Crippen molar-refractivity contribution in [2.45, 2.75) is 72.3 Å². The predicted molar refractivity (Wildman–Crippen MR) is 139 cm³/mol. The molecule has 0 aliphatic heterocycles. The third-order valence-corrected chi connectivity index (χ3v) is 10.2. The second kappa shape index (κ2) is 8.26. The van der Waals surface area contributed by atoms with E-state index in [1.165, 1.54) is 0 Å². The summed E-state index contributed by atoms with van der Waals surface area (Å²) in [4.78, 5) is 28.0. The van der Waals surface area contributed by atoms with Crippen molar-refractivity contribution in [2.24, 2.45) is 34.5 Å². The highest BCUT2D eigenvalue weighted by Gasteiger charge is 2.76. The third kappa shape index (κ3) is 3.17. The zero-order valence-corrected chi connectivity index (χ0v) is 22.6. The molecule has 2 saturated carbocycles. The van der Waals surface area contributed by atoms with E-state index in [1.807, 2.05) is 31.5 Å². The molecule has 3 N–H and O–H groups in total. The van der Waals surface area contributed by atoms with Crippen LogP contribution in [0.15, 0.2) is 42.2 Å². The first-order chi connectivity index (χ1) is 17.3. The van der Waals surface area contributed by atoms with Gasteiger partial charge in [-0.2, -0.15) is 0 Å². The Bertz CT molecular complexity index is 1250. The minimum absolute atomic E-state index is 0.0441. The minimum atomic E-state index is -2.14. The number of esters is 1. The molecule has 0 saturated heterocycles. The number of nitrogens with zero attached hydrogens (tertiary/aromatic N) is 1. The Balaban J connectivity index is 1.62. The summed E-state index contributed by atoms with van der Waals surface area (Å²) in [5.74, 6) is -1.26. The predicted octanol–water partition coefficient (Wildman–Crippen LogP) is 3.28. The summed E-state index contributed by atoms with van der Waals surface area (Å²) in [6, 6.07) is 0. The molecule has 1 heterocycles. The Hall–Kier alpha value is -2.48. The molecule has 0 unspecified atom stereocenters. The van der Waals surface area contributed by atoms with E-state index >= 15 is 0 Å². The van der Waals surface area contributed by atoms with Crippen LogP contribution in [0, 0.1) is 48.3 Å². The van der Waals surface area contributed by atoms with E-state index in [0.717, 1.165) is 5.56 Å². The van der Waals surface area contributed by atoms with Gasteiger partial charge >= 0.3 is 5.97 Å². The third-order valence-electron chi connectivity index (χ3n) is 10.2. The SMILES string of the molecule is C=CCn1cc(C)c(C(=O)O[C@H]2C(C)=C[C@]34C(=O)[C@@H](C=C(CO)[C@@H](O)[C@]23O)[C@H]2[C@@H](C[C@H]4C)C2(C)C)c1C. The van der Waals surface area contributed by atoms with Gasteiger partial charge in [0.15, 0.2) is 17.5 Å². The zero-order valence-electron chi connectivity index (χ0n) is 22.6. The van der Waals surface area contributed by atoms with Crippen LogP contribution in [0.25, 0.3) is 0 Å². The highest BCUT2D eigenvalue weighted by atomic mass is 16.6. The van der Waals surface area contributed by atoms with Gasteiger partial charge in [-0.1, -0.05) is 39.0 Å². The molecule has 4 aliphatic rings. The van der Waals surface area contributed by atoms with Crippen molar-refractivity contribution >= 4 is 11.8 Å². The number of Topliss-reactive ketones (excluding diaryl/α,β-unsaturated/α-hetero) is 1. The second-order valence-electron chi connectivity index (χ2n) is 12.4. The quantitative estimate of drug-likeness (QED) is 0.415. The van der Waals surface area contributed by atoms with Crippen LogP contribution in [-0.2, 0) is 16.1 Å². The molecule has 4 aliphatic carbocycles. The summed E-state index contributed by atoms with van der Waals surface area (Å²) in [5, 5.41) is 34.4. The molecule has 8 atom stereocenters. The number of ketones is 1. The zero-order chi connectivity index (χ0) is 27.2. The maximum Gasteiger partial charge on any atom is 0.340 e. The Morgan fingerprint density at radius 2 is 1.97 bits per heavy atom. The van der Waals surface area contributed by atoms with E-state index in [1.54, 1.807) is 25.2 Å². The molecule has 2 fully saturated rings. The number of aliphatic hydroxyl groups excluding tert-OH is 2. The first-order valence-corrected chi connectivity index (χ1v) is 13.2. The second-order valence-corrected chi connectivity index (χ2v) is 12.4. The lowest BCUT2D eigenvalue weighted by molar-refractivity contribution is -0.190. The molecule has 2 bridgehead atoms. The summed E-state index contributed by atoms with van der Waals surface area (Å²) in [6.45, 7) is 15.4. The number of aromatic nitrogens is 1. The van der Waals surface area contributed by atoms with Crippen molar-refractivity contribution in [1.82, 2.24) is 4.57 Å². The summed E-state index contributed by atoms with van der Waals surface area (Å²) >= 11 is 0. The highest BCUT2D eigenvalue weighted by Crippen LogP contribution is 2.71. The van der Waals surface area contributed by atoms with Gasteiger partial charge in [0.25, 0.3) is 0 Å². The van der Waals surface area contributed by atoms with Crippen LogP contribution in [0.5, 0.6) is 0 Å². The van der Waals surface area contributed by atoms with Crippen LogP contribution in [-0.4, -0.2) is 56.1 Å². The van der Waals surface area contributed by atoms with E-state index in [0.29, 0.717) is 29.8 Å². The lowest BCUT2D eigenvalue weighted by Crippen LogP contribution is -2.65. The number of ether oxygens (including phenoxy) is 1. The molecule has 200 valence electrons. The smallest absolute Gasteiger partial charge is 0.340 e. The van der Waals surface area contributed by atoms with Gasteiger partial charge in [0.05, 0.1) is 17.6 Å². The molecule has 0 aromatic carbocycles. The molecule has 1 aromatic heterocycles. The van der Waals surface area contributed by atoms with Gasteiger partial charge in [-0.15, -0.1) is 6.58 Å². The van der Waals surface area contributed by atoms with Crippen LogP contribution >= 0.6 is 0 Å². The summed E-state index contributed by atoms with van der Waals surface area (Å²) in [7, 11) is 0. The van der Waals surface area contributed by atoms with Gasteiger partial charge in [-0.05, 0) is 67.1 Å². The first-order valence-electron chi connectivity index (χ1n) is 13.2. The van der Waals surface area contributed by atoms with Crippen LogP contribution in [0.3, 0.4) is 0 Å². The normalized spacial score (nSPS) is 39.5.